The van der Waals surface area contributed by atoms with Crippen LogP contribution in [-0.2, 0) is 0 Å². The summed E-state index contributed by atoms with van der Waals surface area (Å²) in [5.74, 6) is 1.73. The first-order valence-corrected chi connectivity index (χ1v) is 23.9. The van der Waals surface area contributed by atoms with Crippen molar-refractivity contribution in [2.45, 2.75) is 6.92 Å². The van der Waals surface area contributed by atoms with E-state index < -0.39 is 0 Å². The first kappa shape index (κ1) is 41.6. The Morgan fingerprint density at radius 1 is 0.435 bits per heavy atom. The van der Waals surface area contributed by atoms with Crippen molar-refractivity contribution in [1.29, 1.82) is 0 Å². The molecule has 326 valence electrons. The molecule has 4 heterocycles. The number of thiophene rings is 1. The van der Waals surface area contributed by atoms with Crippen LogP contribution in [0.2, 0.25) is 0 Å². The zero-order valence-electron chi connectivity index (χ0n) is 37.8. The number of pyridine rings is 1. The maximum atomic E-state index is 5.44. The van der Waals surface area contributed by atoms with E-state index in [0.29, 0.717) is 17.5 Å². The normalized spacial score (nSPS) is 11.9. The second kappa shape index (κ2) is 17.8. The molecule has 0 unspecified atom stereocenters. The van der Waals surface area contributed by atoms with E-state index in [1.165, 1.54) is 36.5 Å². The maximum absolute atomic E-state index is 5.44. The number of allylic oxidation sites excluding steroid dienone is 5. The van der Waals surface area contributed by atoms with Gasteiger partial charge in [0.05, 0.1) is 16.7 Å². The van der Waals surface area contributed by atoms with Crippen molar-refractivity contribution < 1.29 is 0 Å². The van der Waals surface area contributed by atoms with E-state index in [9.17, 15) is 0 Å². The first-order chi connectivity index (χ1) is 34.1. The van der Waals surface area contributed by atoms with Gasteiger partial charge in [0.1, 0.15) is 0 Å². The van der Waals surface area contributed by atoms with Crippen LogP contribution in [0.1, 0.15) is 6.92 Å². The molecule has 0 aliphatic rings. The van der Waals surface area contributed by atoms with Crippen molar-refractivity contribution in [2.75, 3.05) is 0 Å². The van der Waals surface area contributed by atoms with Gasteiger partial charge in [-0.1, -0.05) is 183 Å². The fraction of sp³-hybridized carbons (Fsp3) is 0.0159. The van der Waals surface area contributed by atoms with Crippen LogP contribution in [0.25, 0.3) is 126 Å². The van der Waals surface area contributed by atoms with E-state index in [1.807, 2.05) is 90.3 Å². The van der Waals surface area contributed by atoms with Gasteiger partial charge in [-0.25, -0.2) is 15.0 Å². The second-order valence-electron chi connectivity index (χ2n) is 17.1. The molecule has 0 N–H and O–H groups in total. The zero-order chi connectivity index (χ0) is 46.3. The fourth-order valence-electron chi connectivity index (χ4n) is 9.52. The van der Waals surface area contributed by atoms with Crippen LogP contribution in [0, 0.1) is 0 Å². The third-order valence-corrected chi connectivity index (χ3v) is 14.0. The topological polar surface area (TPSA) is 56.5 Å². The van der Waals surface area contributed by atoms with Gasteiger partial charge in [-0.3, -0.25) is 4.98 Å². The van der Waals surface area contributed by atoms with Gasteiger partial charge in [0, 0.05) is 70.7 Å². The van der Waals surface area contributed by atoms with Crippen LogP contribution >= 0.6 is 11.3 Å². The summed E-state index contributed by atoms with van der Waals surface area (Å²) in [6.07, 6.45) is 9.97. The van der Waals surface area contributed by atoms with Gasteiger partial charge in [-0.05, 0) is 83.3 Å². The van der Waals surface area contributed by atoms with Crippen LogP contribution in [0.5, 0.6) is 0 Å². The summed E-state index contributed by atoms with van der Waals surface area (Å²) in [6, 6.07) is 70.5. The smallest absolute Gasteiger partial charge is 0.166 e. The van der Waals surface area contributed by atoms with E-state index in [1.54, 1.807) is 6.08 Å². The molecule has 0 saturated carbocycles. The lowest BCUT2D eigenvalue weighted by Crippen LogP contribution is -2.02. The number of hydrogen-bond acceptors (Lipinski definition) is 5. The summed E-state index contributed by atoms with van der Waals surface area (Å²) in [5.41, 5.74) is 14.4. The van der Waals surface area contributed by atoms with Gasteiger partial charge in [0.2, 0.25) is 0 Å². The standard InChI is InChI=1S/C63H43N5S/c1-3-4-9-20-41(2)68-56-30-19-18-29-50(56)52-39-59-54(38-57(52)68)53-36-47(32-34-58(53)69-59)60-55(63-66-61(44-25-14-7-15-26-44)65-62(67-63)45-27-16-8-17-28-45)37-48(40-64-60)51-35-46(42-21-10-5-11-22-42)31-33-49(51)43-23-12-6-13-24-43/h3-40H,1H2,2H3/b9-4-,41-20+. The Morgan fingerprint density at radius 3 is 1.72 bits per heavy atom. The highest BCUT2D eigenvalue weighted by molar-refractivity contribution is 7.25. The van der Waals surface area contributed by atoms with E-state index in [0.717, 1.165) is 72.5 Å². The van der Waals surface area contributed by atoms with Crippen LogP contribution < -0.4 is 0 Å². The molecule has 69 heavy (non-hydrogen) atoms. The van der Waals surface area contributed by atoms with Gasteiger partial charge in [0.15, 0.2) is 17.5 Å². The average molecular weight is 902 g/mol. The molecule has 4 aromatic heterocycles. The number of nitrogens with zero attached hydrogens (tertiary/aromatic N) is 5. The molecule has 0 amide bonds. The third-order valence-electron chi connectivity index (χ3n) is 12.8. The molecule has 0 fully saturated rings. The minimum absolute atomic E-state index is 0.543. The van der Waals surface area contributed by atoms with E-state index in [-0.39, 0.29) is 0 Å². The molecule has 8 aromatic carbocycles. The van der Waals surface area contributed by atoms with Crippen molar-refractivity contribution >= 4 is 59.0 Å². The molecule has 0 spiro atoms. The van der Waals surface area contributed by atoms with Gasteiger partial charge < -0.3 is 4.57 Å². The monoisotopic (exact) mass is 901 g/mol. The molecule has 0 saturated heterocycles. The van der Waals surface area contributed by atoms with E-state index in [4.69, 9.17) is 19.9 Å². The molecular formula is C63H43N5S. The fourth-order valence-corrected chi connectivity index (χ4v) is 10.6. The number of para-hydroxylation sites is 1. The van der Waals surface area contributed by atoms with Gasteiger partial charge in [0.25, 0.3) is 0 Å². The van der Waals surface area contributed by atoms with Gasteiger partial charge in [-0.15, -0.1) is 11.3 Å². The molecule has 0 aliphatic carbocycles. The quantitative estimate of drug-likeness (QED) is 0.128. The molecule has 0 radical (unpaired) electrons. The Morgan fingerprint density at radius 2 is 1.03 bits per heavy atom. The molecular weight excluding hydrogens is 859 g/mol. The minimum atomic E-state index is 0.543. The lowest BCUT2D eigenvalue weighted by atomic mass is 9.90. The number of fused-ring (bicyclic) bond motifs is 6. The Hall–Kier alpha value is -8.84. The molecule has 0 bridgehead atoms. The van der Waals surface area contributed by atoms with Crippen LogP contribution in [0.3, 0.4) is 0 Å². The Labute approximate surface area is 404 Å². The number of hydrogen-bond donors (Lipinski definition) is 0. The minimum Gasteiger partial charge on any atom is -0.313 e. The van der Waals surface area contributed by atoms with Crippen molar-refractivity contribution in [3.8, 4) is 78.8 Å². The summed E-state index contributed by atoms with van der Waals surface area (Å²) in [6.45, 7) is 6.04. The molecule has 5 nitrogen and oxygen atoms in total. The number of benzene rings is 8. The Kier molecular flexibility index (Phi) is 10.7. The summed E-state index contributed by atoms with van der Waals surface area (Å²) in [5, 5.41) is 4.83. The molecule has 12 aromatic rings. The van der Waals surface area contributed by atoms with Crippen molar-refractivity contribution in [2.24, 2.45) is 0 Å². The van der Waals surface area contributed by atoms with Crippen molar-refractivity contribution in [3.05, 3.63) is 237 Å². The lowest BCUT2D eigenvalue weighted by molar-refractivity contribution is 1.07. The molecule has 0 atom stereocenters. The van der Waals surface area contributed by atoms with E-state index in [2.05, 4.69) is 164 Å². The molecule has 6 heteroatoms. The highest BCUT2D eigenvalue weighted by atomic mass is 32.1. The zero-order valence-corrected chi connectivity index (χ0v) is 38.6. The van der Waals surface area contributed by atoms with Crippen LogP contribution in [0.15, 0.2) is 237 Å². The largest absolute Gasteiger partial charge is 0.313 e. The predicted molar refractivity (Wildman–Crippen MR) is 291 cm³/mol. The molecule has 0 aliphatic heterocycles. The first-order valence-electron chi connectivity index (χ1n) is 23.1. The van der Waals surface area contributed by atoms with Crippen molar-refractivity contribution in [1.82, 2.24) is 24.5 Å². The predicted octanol–water partition coefficient (Wildman–Crippen LogP) is 17.0. The summed E-state index contributed by atoms with van der Waals surface area (Å²) in [4.78, 5) is 21.1. The number of rotatable bonds is 10. The summed E-state index contributed by atoms with van der Waals surface area (Å²) < 4.78 is 4.81. The summed E-state index contributed by atoms with van der Waals surface area (Å²) in [7, 11) is 0. The number of aromatic nitrogens is 5. The van der Waals surface area contributed by atoms with Gasteiger partial charge in [-0.2, -0.15) is 0 Å². The summed E-state index contributed by atoms with van der Waals surface area (Å²) >= 11 is 1.82. The lowest BCUT2D eigenvalue weighted by Gasteiger charge is -2.16. The maximum Gasteiger partial charge on any atom is 0.166 e. The SMILES string of the molecule is C=C/C=C\C=C(/C)n1c2ccccc2c2cc3sc4ccc(-c5ncc(-c6cc(-c7ccccc7)ccc6-c6ccccc6)cc5-c5nc(-c6ccccc6)nc(-c6ccccc6)n5)cc4c3cc21. The van der Waals surface area contributed by atoms with Gasteiger partial charge >= 0.3 is 0 Å². The highest BCUT2D eigenvalue weighted by Crippen LogP contribution is 2.44. The third kappa shape index (κ3) is 7.73. The molecule has 12 rings (SSSR count). The van der Waals surface area contributed by atoms with E-state index >= 15 is 0 Å². The average Bonchev–Trinajstić information content (AvgIpc) is 3.95. The Balaban J connectivity index is 1.11. The van der Waals surface area contributed by atoms with Crippen LogP contribution in [-0.4, -0.2) is 24.5 Å². The van der Waals surface area contributed by atoms with Crippen LogP contribution in [0.4, 0.5) is 0 Å². The van der Waals surface area contributed by atoms with Crippen molar-refractivity contribution in [3.63, 3.8) is 0 Å². The Bertz CT molecular complexity index is 3910. The highest BCUT2D eigenvalue weighted by Gasteiger charge is 2.22. The second-order valence-corrected chi connectivity index (χ2v) is 18.2.